The fourth-order valence-corrected chi connectivity index (χ4v) is 3.08. The van der Waals surface area contributed by atoms with Gasteiger partial charge in [0.2, 0.25) is 5.56 Å². The number of halogens is 1. The molecule has 7 nitrogen and oxygen atoms in total. The van der Waals surface area contributed by atoms with Crippen LogP contribution in [0.5, 0.6) is 11.5 Å². The number of nitrogens with one attached hydrogen (secondary N) is 2. The van der Waals surface area contributed by atoms with Gasteiger partial charge in [-0.2, -0.15) is 0 Å². The highest BCUT2D eigenvalue weighted by Gasteiger charge is 2.12. The van der Waals surface area contributed by atoms with E-state index in [-0.39, 0.29) is 35.6 Å². The molecule has 31 heavy (non-hydrogen) atoms. The Morgan fingerprint density at radius 2 is 1.84 bits per heavy atom. The van der Waals surface area contributed by atoms with E-state index < -0.39 is 0 Å². The molecule has 0 saturated heterocycles. The molecule has 8 heteroatoms. The molecular formula is C23H35IN4O3. The summed E-state index contributed by atoms with van der Waals surface area (Å²) in [6, 6.07) is 11.3. The van der Waals surface area contributed by atoms with Gasteiger partial charge in [-0.25, -0.2) is 0 Å². The molecule has 2 aromatic rings. The molecule has 2 rings (SSSR count). The Bertz CT molecular complexity index is 870. The highest BCUT2D eigenvalue weighted by molar-refractivity contribution is 14.0. The Balaban J connectivity index is 0.00000480. The van der Waals surface area contributed by atoms with E-state index in [0.717, 1.165) is 49.0 Å². The summed E-state index contributed by atoms with van der Waals surface area (Å²) in [6.07, 6.45) is 3.68. The first-order chi connectivity index (χ1) is 14.6. The van der Waals surface area contributed by atoms with Crippen molar-refractivity contribution in [2.45, 2.75) is 46.2 Å². The molecule has 1 unspecified atom stereocenters. The zero-order chi connectivity index (χ0) is 21.8. The fraction of sp³-hybridized carbons (Fsp3) is 0.478. The zero-order valence-electron chi connectivity index (χ0n) is 18.9. The number of aliphatic imine (C=N–C) groups is 1. The van der Waals surface area contributed by atoms with Gasteiger partial charge in [-0.15, -0.1) is 24.0 Å². The number of benzene rings is 1. The minimum absolute atomic E-state index is 0. The summed E-state index contributed by atoms with van der Waals surface area (Å²) < 4.78 is 13.1. The first-order valence-corrected chi connectivity index (χ1v) is 10.6. The molecule has 0 aliphatic heterocycles. The van der Waals surface area contributed by atoms with Gasteiger partial charge in [0.25, 0.3) is 0 Å². The lowest BCUT2D eigenvalue weighted by molar-refractivity contribution is 0.287. The van der Waals surface area contributed by atoms with E-state index >= 15 is 0 Å². The van der Waals surface area contributed by atoms with Crippen molar-refractivity contribution in [2.75, 3.05) is 26.8 Å². The van der Waals surface area contributed by atoms with Crippen LogP contribution >= 0.6 is 24.0 Å². The van der Waals surface area contributed by atoms with Gasteiger partial charge in [0, 0.05) is 32.4 Å². The number of hydrogen-bond donors (Lipinski definition) is 2. The van der Waals surface area contributed by atoms with E-state index in [2.05, 4.69) is 22.5 Å². The van der Waals surface area contributed by atoms with Gasteiger partial charge in [-0.3, -0.25) is 9.79 Å². The molecule has 0 spiro atoms. The van der Waals surface area contributed by atoms with Crippen LogP contribution in [0.15, 0.2) is 52.4 Å². The second kappa shape index (κ2) is 14.7. The number of unbranched alkanes of at least 4 members (excludes halogenated alkanes) is 1. The summed E-state index contributed by atoms with van der Waals surface area (Å²) in [5, 5.41) is 6.75. The number of rotatable bonds is 11. The molecule has 0 fully saturated rings. The topological polar surface area (TPSA) is 76.9 Å². The third-order valence-electron chi connectivity index (χ3n) is 4.66. The van der Waals surface area contributed by atoms with E-state index in [9.17, 15) is 4.79 Å². The molecule has 1 atom stereocenters. The predicted octanol–water partition coefficient (Wildman–Crippen LogP) is 3.97. The van der Waals surface area contributed by atoms with Crippen molar-refractivity contribution < 1.29 is 9.47 Å². The van der Waals surface area contributed by atoms with Gasteiger partial charge in [0.15, 0.2) is 17.5 Å². The van der Waals surface area contributed by atoms with Crippen molar-refractivity contribution in [1.82, 2.24) is 15.2 Å². The van der Waals surface area contributed by atoms with Crippen LogP contribution in [-0.2, 0) is 6.54 Å². The Morgan fingerprint density at radius 1 is 1.10 bits per heavy atom. The van der Waals surface area contributed by atoms with Gasteiger partial charge >= 0.3 is 0 Å². The predicted molar refractivity (Wildman–Crippen MR) is 137 cm³/mol. The third-order valence-corrected chi connectivity index (χ3v) is 4.66. The average molecular weight is 542 g/mol. The molecule has 0 amide bonds. The van der Waals surface area contributed by atoms with Crippen molar-refractivity contribution >= 4 is 29.9 Å². The quantitative estimate of drug-likeness (QED) is 0.195. The van der Waals surface area contributed by atoms with Crippen LogP contribution in [0.1, 0.15) is 45.2 Å². The molecule has 0 radical (unpaired) electrons. The number of guanidine groups is 1. The van der Waals surface area contributed by atoms with Crippen LogP contribution in [0.2, 0.25) is 0 Å². The van der Waals surface area contributed by atoms with Crippen LogP contribution in [0, 0.1) is 0 Å². The lowest BCUT2D eigenvalue weighted by Gasteiger charge is -2.20. The smallest absolute Gasteiger partial charge is 0.250 e. The lowest BCUT2D eigenvalue weighted by atomic mass is 10.1. The summed E-state index contributed by atoms with van der Waals surface area (Å²) >= 11 is 0. The number of nitrogens with zero attached hydrogens (tertiary/aromatic N) is 2. The highest BCUT2D eigenvalue weighted by atomic mass is 127. The van der Waals surface area contributed by atoms with Crippen LogP contribution in [0.4, 0.5) is 0 Å². The molecule has 1 aromatic carbocycles. The van der Waals surface area contributed by atoms with Crippen LogP contribution < -0.4 is 25.7 Å². The minimum Gasteiger partial charge on any atom is -0.490 e. The molecule has 1 heterocycles. The van der Waals surface area contributed by atoms with E-state index in [1.807, 2.05) is 44.3 Å². The maximum absolute atomic E-state index is 11.7. The Morgan fingerprint density at radius 3 is 2.52 bits per heavy atom. The fourth-order valence-electron chi connectivity index (χ4n) is 3.08. The maximum atomic E-state index is 11.7. The van der Waals surface area contributed by atoms with Crippen LogP contribution in [-0.4, -0.2) is 37.3 Å². The second-order valence-corrected chi connectivity index (χ2v) is 6.88. The maximum Gasteiger partial charge on any atom is 0.250 e. The Hall–Kier alpha value is -2.23. The summed E-state index contributed by atoms with van der Waals surface area (Å²) in [5.41, 5.74) is 1.13. The first-order valence-electron chi connectivity index (χ1n) is 10.6. The Kier molecular flexibility index (Phi) is 12.7. The summed E-state index contributed by atoms with van der Waals surface area (Å²) in [4.78, 5) is 16.0. The minimum atomic E-state index is 0. The van der Waals surface area contributed by atoms with Crippen molar-refractivity contribution in [3.05, 3.63) is 58.5 Å². The normalized spacial score (nSPS) is 11.9. The average Bonchev–Trinajstić information content (AvgIpc) is 2.75. The van der Waals surface area contributed by atoms with Gasteiger partial charge in [-0.1, -0.05) is 12.1 Å². The van der Waals surface area contributed by atoms with E-state index in [1.165, 1.54) is 0 Å². The molecule has 2 N–H and O–H groups in total. The van der Waals surface area contributed by atoms with E-state index in [4.69, 9.17) is 9.47 Å². The van der Waals surface area contributed by atoms with Gasteiger partial charge < -0.3 is 24.7 Å². The molecule has 0 saturated carbocycles. The zero-order valence-corrected chi connectivity index (χ0v) is 21.2. The molecule has 1 aromatic heterocycles. The van der Waals surface area contributed by atoms with Gasteiger partial charge in [0.1, 0.15) is 0 Å². The third kappa shape index (κ3) is 8.80. The number of ether oxygens (including phenoxy) is 2. The number of aryl methyl sites for hydroxylation is 1. The van der Waals surface area contributed by atoms with Crippen LogP contribution in [0.3, 0.4) is 0 Å². The molecule has 172 valence electrons. The number of hydrogen-bond acceptors (Lipinski definition) is 4. The van der Waals surface area contributed by atoms with E-state index in [1.54, 1.807) is 23.7 Å². The van der Waals surface area contributed by atoms with Crippen molar-refractivity contribution in [3.8, 4) is 11.5 Å². The summed E-state index contributed by atoms with van der Waals surface area (Å²) in [6.45, 7) is 8.69. The van der Waals surface area contributed by atoms with Crippen molar-refractivity contribution in [2.24, 2.45) is 4.99 Å². The standard InChI is InChI=1S/C23H34N4O3.HI/c1-5-29-20-13-12-19(17-21(20)30-6-2)18(3)26-23(24-4)25-14-8-10-16-27-15-9-7-11-22(27)28;/h7,9,11-13,15,17-18H,5-6,8,10,14,16H2,1-4H3,(H2,24,25,26);1H. The monoisotopic (exact) mass is 542 g/mol. The van der Waals surface area contributed by atoms with Gasteiger partial charge in [-0.05, 0) is 57.4 Å². The number of pyridine rings is 1. The largest absolute Gasteiger partial charge is 0.490 e. The van der Waals surface area contributed by atoms with Crippen LogP contribution in [0.25, 0.3) is 0 Å². The highest BCUT2D eigenvalue weighted by Crippen LogP contribution is 2.30. The van der Waals surface area contributed by atoms with E-state index in [0.29, 0.717) is 13.2 Å². The molecular weight excluding hydrogens is 507 g/mol. The second-order valence-electron chi connectivity index (χ2n) is 6.88. The molecule has 0 aliphatic carbocycles. The van der Waals surface area contributed by atoms with Crippen molar-refractivity contribution in [1.29, 1.82) is 0 Å². The van der Waals surface area contributed by atoms with Crippen molar-refractivity contribution in [3.63, 3.8) is 0 Å². The molecule has 0 bridgehead atoms. The number of aromatic nitrogens is 1. The lowest BCUT2D eigenvalue weighted by Crippen LogP contribution is -2.39. The molecule has 0 aliphatic rings. The SMILES string of the molecule is CCOc1ccc(C(C)NC(=NC)NCCCCn2ccccc2=O)cc1OCC.I. The van der Waals surface area contributed by atoms with Gasteiger partial charge in [0.05, 0.1) is 19.3 Å². The summed E-state index contributed by atoms with van der Waals surface area (Å²) in [7, 11) is 1.76. The Labute approximate surface area is 202 Å². The first kappa shape index (κ1) is 26.8. The summed E-state index contributed by atoms with van der Waals surface area (Å²) in [5.74, 6) is 2.26.